The Morgan fingerprint density at radius 2 is 1.64 bits per heavy atom. The summed E-state index contributed by atoms with van der Waals surface area (Å²) in [5.74, 6) is 0.726. The van der Waals surface area contributed by atoms with E-state index in [1.807, 2.05) is 52.5 Å². The molecule has 1 heterocycles. The van der Waals surface area contributed by atoms with Crippen LogP contribution in [0.2, 0.25) is 0 Å². The monoisotopic (exact) mass is 455 g/mol. The Morgan fingerprint density at radius 3 is 2.24 bits per heavy atom. The molecule has 9 nitrogen and oxygen atoms in total. The third-order valence-corrected chi connectivity index (χ3v) is 5.50. The molecule has 0 saturated carbocycles. The first-order valence-corrected chi connectivity index (χ1v) is 11.2. The number of fused-ring (bicyclic) bond motifs is 2. The summed E-state index contributed by atoms with van der Waals surface area (Å²) in [6, 6.07) is 9.08. The second-order valence-corrected chi connectivity index (χ2v) is 8.67. The topological polar surface area (TPSA) is 99.2 Å². The van der Waals surface area contributed by atoms with Crippen molar-refractivity contribution >= 4 is 38.9 Å². The molecule has 3 rings (SSSR count). The average Bonchev–Trinajstić information content (AvgIpc) is 2.77. The van der Waals surface area contributed by atoms with Crippen LogP contribution in [0.25, 0.3) is 21.8 Å². The van der Waals surface area contributed by atoms with Crippen LogP contribution in [-0.2, 0) is 0 Å². The number of nitrogens with one attached hydrogen (secondary N) is 2. The zero-order chi connectivity index (χ0) is 24.0. The summed E-state index contributed by atoms with van der Waals surface area (Å²) in [5.41, 5.74) is 3.00. The van der Waals surface area contributed by atoms with Crippen LogP contribution in [-0.4, -0.2) is 81.5 Å². The SMILES string of the molecule is COc1ccc2nc3c(N([O-])O)ccc(NCCCN(C)C)c3c(NCCCN(C)C)c2c1. The lowest BCUT2D eigenvalue weighted by molar-refractivity contribution is 0.297. The van der Waals surface area contributed by atoms with Gasteiger partial charge in [0.1, 0.15) is 5.75 Å². The standard InChI is InChI=1S/C24H35N6O3/c1-28(2)14-6-12-25-20-10-11-21(30(31)32)24-22(20)23(26-13-7-15-29(3)4)18-16-17(33-5)8-9-19(18)27-24/h8-11,16,25,31H,6-7,12-15H2,1-5H3,(H,26,27)/q-1. The van der Waals surface area contributed by atoms with Gasteiger partial charge in [0.2, 0.25) is 0 Å². The van der Waals surface area contributed by atoms with Gasteiger partial charge in [-0.25, -0.2) is 4.98 Å². The highest BCUT2D eigenvalue weighted by molar-refractivity contribution is 6.15. The lowest BCUT2D eigenvalue weighted by Crippen LogP contribution is -2.17. The number of pyridine rings is 1. The fraction of sp³-hybridized carbons (Fsp3) is 0.458. The maximum absolute atomic E-state index is 11.9. The van der Waals surface area contributed by atoms with Crippen LogP contribution in [0.15, 0.2) is 30.3 Å². The van der Waals surface area contributed by atoms with Gasteiger partial charge in [-0.3, -0.25) is 5.21 Å². The van der Waals surface area contributed by atoms with Crippen LogP contribution in [0.5, 0.6) is 5.75 Å². The first-order chi connectivity index (χ1) is 15.8. The van der Waals surface area contributed by atoms with Crippen LogP contribution in [0, 0.1) is 5.21 Å². The van der Waals surface area contributed by atoms with E-state index in [4.69, 9.17) is 9.72 Å². The molecular formula is C24H35N6O3-. The van der Waals surface area contributed by atoms with Crippen molar-refractivity contribution < 1.29 is 9.94 Å². The Balaban J connectivity index is 2.15. The molecule has 0 aliphatic heterocycles. The van der Waals surface area contributed by atoms with Crippen molar-refractivity contribution in [3.8, 4) is 5.75 Å². The Bertz CT molecular complexity index is 1070. The van der Waals surface area contributed by atoms with Crippen molar-refractivity contribution in [1.82, 2.24) is 14.8 Å². The highest BCUT2D eigenvalue weighted by Gasteiger charge is 2.17. The van der Waals surface area contributed by atoms with Gasteiger partial charge >= 0.3 is 0 Å². The largest absolute Gasteiger partial charge is 0.733 e. The lowest BCUT2D eigenvalue weighted by atomic mass is 10.0. The number of hydrogen-bond acceptors (Lipinski definition) is 9. The summed E-state index contributed by atoms with van der Waals surface area (Å²) >= 11 is 0. The van der Waals surface area contributed by atoms with E-state index in [0.29, 0.717) is 11.0 Å². The van der Waals surface area contributed by atoms with Gasteiger partial charge in [0.15, 0.2) is 0 Å². The van der Waals surface area contributed by atoms with Gasteiger partial charge in [0.05, 0.1) is 29.5 Å². The summed E-state index contributed by atoms with van der Waals surface area (Å²) in [7, 11) is 9.83. The summed E-state index contributed by atoms with van der Waals surface area (Å²) in [4.78, 5) is 9.04. The summed E-state index contributed by atoms with van der Waals surface area (Å²) in [6.45, 7) is 3.42. The molecule has 0 atom stereocenters. The number of aromatic nitrogens is 1. The van der Waals surface area contributed by atoms with Crippen LogP contribution >= 0.6 is 0 Å². The van der Waals surface area contributed by atoms with Gasteiger partial charge < -0.3 is 35.6 Å². The number of nitrogens with zero attached hydrogens (tertiary/aromatic N) is 4. The van der Waals surface area contributed by atoms with Crippen molar-refractivity contribution in [2.45, 2.75) is 12.8 Å². The summed E-state index contributed by atoms with van der Waals surface area (Å²) in [6.07, 6.45) is 1.91. The molecule has 3 aromatic rings. The molecule has 33 heavy (non-hydrogen) atoms. The molecule has 3 N–H and O–H groups in total. The molecule has 9 heteroatoms. The van der Waals surface area contributed by atoms with Gasteiger partial charge in [0, 0.05) is 29.5 Å². The third-order valence-electron chi connectivity index (χ3n) is 5.50. The van der Waals surface area contributed by atoms with Gasteiger partial charge in [0.25, 0.3) is 0 Å². The van der Waals surface area contributed by atoms with E-state index >= 15 is 0 Å². The molecule has 1 aromatic heterocycles. The van der Waals surface area contributed by atoms with Crippen molar-refractivity contribution in [2.24, 2.45) is 0 Å². The van der Waals surface area contributed by atoms with Crippen molar-refractivity contribution in [1.29, 1.82) is 0 Å². The molecule has 0 spiro atoms. The predicted octanol–water partition coefficient (Wildman–Crippen LogP) is 3.82. The number of ether oxygens (including phenoxy) is 1. The smallest absolute Gasteiger partial charge is 0.119 e. The minimum absolute atomic E-state index is 0.109. The zero-order valence-corrected chi connectivity index (χ0v) is 20.2. The number of rotatable bonds is 12. The molecule has 0 aliphatic rings. The fourth-order valence-electron chi connectivity index (χ4n) is 3.85. The van der Waals surface area contributed by atoms with E-state index in [0.717, 1.165) is 66.9 Å². The zero-order valence-electron chi connectivity index (χ0n) is 20.2. The molecule has 0 fully saturated rings. The van der Waals surface area contributed by atoms with Crippen molar-refractivity contribution in [3.63, 3.8) is 0 Å². The fourth-order valence-corrected chi connectivity index (χ4v) is 3.85. The molecule has 0 saturated heterocycles. The summed E-state index contributed by atoms with van der Waals surface area (Å²) < 4.78 is 5.46. The predicted molar refractivity (Wildman–Crippen MR) is 137 cm³/mol. The molecule has 0 unspecified atom stereocenters. The lowest BCUT2D eigenvalue weighted by Gasteiger charge is -2.25. The molecule has 2 aromatic carbocycles. The molecule has 180 valence electrons. The molecule has 0 aliphatic carbocycles. The Kier molecular flexibility index (Phi) is 8.51. The minimum atomic E-state index is -0.115. The van der Waals surface area contributed by atoms with Crippen molar-refractivity contribution in [2.75, 3.05) is 77.3 Å². The van der Waals surface area contributed by atoms with Gasteiger partial charge in [-0.15, -0.1) is 0 Å². The third kappa shape index (κ3) is 6.14. The first-order valence-electron chi connectivity index (χ1n) is 11.2. The number of anilines is 3. The number of benzene rings is 2. The number of hydrogen-bond donors (Lipinski definition) is 3. The Labute approximate surface area is 195 Å². The quantitative estimate of drug-likeness (QED) is 0.214. The average molecular weight is 456 g/mol. The first kappa shape index (κ1) is 24.8. The van der Waals surface area contributed by atoms with E-state index in [1.54, 1.807) is 13.2 Å². The van der Waals surface area contributed by atoms with Gasteiger partial charge in [-0.2, -0.15) is 0 Å². The van der Waals surface area contributed by atoms with Crippen LogP contribution in [0.1, 0.15) is 12.8 Å². The highest BCUT2D eigenvalue weighted by atomic mass is 16.8. The second-order valence-electron chi connectivity index (χ2n) is 8.67. The van der Waals surface area contributed by atoms with Crippen LogP contribution < -0.4 is 20.6 Å². The van der Waals surface area contributed by atoms with Crippen LogP contribution in [0.3, 0.4) is 0 Å². The van der Waals surface area contributed by atoms with E-state index < -0.39 is 0 Å². The Hall–Kier alpha value is -2.85. The highest BCUT2D eigenvalue weighted by Crippen LogP contribution is 2.40. The van der Waals surface area contributed by atoms with Crippen LogP contribution in [0.4, 0.5) is 17.1 Å². The van der Waals surface area contributed by atoms with Gasteiger partial charge in [-0.1, -0.05) is 0 Å². The van der Waals surface area contributed by atoms with E-state index in [1.165, 1.54) is 0 Å². The second kappa shape index (κ2) is 11.3. The molecule has 0 amide bonds. The minimum Gasteiger partial charge on any atom is -0.733 e. The van der Waals surface area contributed by atoms with E-state index in [9.17, 15) is 10.4 Å². The molecule has 0 bridgehead atoms. The number of methoxy groups -OCH3 is 1. The maximum Gasteiger partial charge on any atom is 0.119 e. The van der Waals surface area contributed by atoms with E-state index in [2.05, 4.69) is 20.4 Å². The maximum atomic E-state index is 11.9. The molecule has 0 radical (unpaired) electrons. The van der Waals surface area contributed by atoms with E-state index in [-0.39, 0.29) is 10.9 Å². The molecular weight excluding hydrogens is 420 g/mol. The Morgan fingerprint density at radius 1 is 0.970 bits per heavy atom. The van der Waals surface area contributed by atoms with Gasteiger partial charge in [-0.05, 0) is 84.5 Å². The normalized spacial score (nSPS) is 11.5. The summed E-state index contributed by atoms with van der Waals surface area (Å²) in [5, 5.41) is 30.4. The van der Waals surface area contributed by atoms with Crippen molar-refractivity contribution in [3.05, 3.63) is 35.5 Å².